The molecule has 0 radical (unpaired) electrons. The molecule has 62 valence electrons. The molecule has 1 heterocycles. The van der Waals surface area contributed by atoms with Crippen LogP contribution in [0.4, 0.5) is 0 Å². The Labute approximate surface area is 76.1 Å². The highest BCUT2D eigenvalue weighted by Gasteiger charge is 2.06. The molecular formula is C7H10Cl2N2. The fourth-order valence-electron chi connectivity index (χ4n) is 0.864. The highest BCUT2D eigenvalue weighted by molar-refractivity contribution is 6.40. The third-order valence-corrected chi connectivity index (χ3v) is 2.06. The summed E-state index contributed by atoms with van der Waals surface area (Å²) >= 11 is 11.5. The first-order valence-corrected chi connectivity index (χ1v) is 4.23. The highest BCUT2D eigenvalue weighted by Crippen LogP contribution is 2.20. The molecule has 0 N–H and O–H groups in total. The predicted molar refractivity (Wildman–Crippen MR) is 47.1 cm³/mol. The summed E-state index contributed by atoms with van der Waals surface area (Å²) in [5.74, 6) is 0.553. The van der Waals surface area contributed by atoms with Crippen LogP contribution < -0.4 is 0 Å². The molecular weight excluding hydrogens is 183 g/mol. The van der Waals surface area contributed by atoms with Crippen LogP contribution in [0.15, 0.2) is 6.33 Å². The van der Waals surface area contributed by atoms with Crippen molar-refractivity contribution in [3.05, 3.63) is 16.6 Å². The molecule has 4 heteroatoms. The molecule has 0 atom stereocenters. The molecule has 1 aromatic rings. The quantitative estimate of drug-likeness (QED) is 0.706. The van der Waals surface area contributed by atoms with Crippen molar-refractivity contribution in [1.29, 1.82) is 0 Å². The summed E-state index contributed by atoms with van der Waals surface area (Å²) in [6.45, 7) is 5.09. The summed E-state index contributed by atoms with van der Waals surface area (Å²) in [6, 6.07) is 0. The van der Waals surface area contributed by atoms with Gasteiger partial charge in [0.25, 0.3) is 0 Å². The van der Waals surface area contributed by atoms with Crippen LogP contribution in [0.2, 0.25) is 10.3 Å². The molecule has 0 saturated carbocycles. The minimum absolute atomic E-state index is 0.382. The van der Waals surface area contributed by atoms with E-state index in [0.29, 0.717) is 16.2 Å². The smallest absolute Gasteiger partial charge is 0.166 e. The number of halogens is 2. The van der Waals surface area contributed by atoms with Gasteiger partial charge in [-0.25, -0.2) is 4.98 Å². The first kappa shape index (κ1) is 8.88. The molecule has 2 nitrogen and oxygen atoms in total. The molecule has 0 bridgehead atoms. The highest BCUT2D eigenvalue weighted by atomic mass is 35.5. The number of rotatable bonds is 2. The van der Waals surface area contributed by atoms with Gasteiger partial charge in [-0.15, -0.1) is 0 Å². The maximum atomic E-state index is 5.82. The van der Waals surface area contributed by atoms with Crippen LogP contribution in [0.1, 0.15) is 13.8 Å². The Bertz CT molecular complexity index is 243. The SMILES string of the molecule is CC(C)Cn1cnc(Cl)c1Cl. The number of nitrogens with zero attached hydrogens (tertiary/aromatic N) is 2. The third-order valence-electron chi connectivity index (χ3n) is 1.29. The van der Waals surface area contributed by atoms with Crippen molar-refractivity contribution < 1.29 is 0 Å². The zero-order valence-corrected chi connectivity index (χ0v) is 8.02. The molecule has 1 rings (SSSR count). The van der Waals surface area contributed by atoms with Crippen molar-refractivity contribution in [2.45, 2.75) is 20.4 Å². The van der Waals surface area contributed by atoms with Gasteiger partial charge in [0.15, 0.2) is 5.15 Å². The predicted octanol–water partition coefficient (Wildman–Crippen LogP) is 2.85. The van der Waals surface area contributed by atoms with E-state index < -0.39 is 0 Å². The first-order chi connectivity index (χ1) is 5.11. The van der Waals surface area contributed by atoms with E-state index >= 15 is 0 Å². The normalized spacial score (nSPS) is 11.0. The van der Waals surface area contributed by atoms with Crippen LogP contribution in [-0.4, -0.2) is 9.55 Å². The second kappa shape index (κ2) is 3.46. The van der Waals surface area contributed by atoms with E-state index in [0.717, 1.165) is 6.54 Å². The maximum absolute atomic E-state index is 5.82. The van der Waals surface area contributed by atoms with E-state index in [1.54, 1.807) is 6.33 Å². The van der Waals surface area contributed by atoms with E-state index in [-0.39, 0.29) is 0 Å². The van der Waals surface area contributed by atoms with Crippen molar-refractivity contribution in [3.8, 4) is 0 Å². The standard InChI is InChI=1S/C7H10Cl2N2/c1-5(2)3-11-4-10-6(8)7(11)9/h4-5H,3H2,1-2H3. The summed E-state index contributed by atoms with van der Waals surface area (Å²) in [7, 11) is 0. The minimum Gasteiger partial charge on any atom is -0.320 e. The molecule has 0 spiro atoms. The lowest BCUT2D eigenvalue weighted by Gasteiger charge is -2.05. The van der Waals surface area contributed by atoms with Crippen LogP contribution in [0.5, 0.6) is 0 Å². The Morgan fingerprint density at radius 1 is 1.55 bits per heavy atom. The van der Waals surface area contributed by atoms with Gasteiger partial charge in [-0.3, -0.25) is 0 Å². The Hall–Kier alpha value is -0.210. The fourth-order valence-corrected chi connectivity index (χ4v) is 1.18. The Morgan fingerprint density at radius 2 is 2.18 bits per heavy atom. The first-order valence-electron chi connectivity index (χ1n) is 3.47. The zero-order chi connectivity index (χ0) is 8.43. The molecule has 11 heavy (non-hydrogen) atoms. The van der Waals surface area contributed by atoms with Gasteiger partial charge in [0.05, 0.1) is 6.33 Å². The summed E-state index contributed by atoms with van der Waals surface area (Å²) in [5, 5.41) is 0.910. The van der Waals surface area contributed by atoms with Gasteiger partial charge in [0, 0.05) is 6.54 Å². The van der Waals surface area contributed by atoms with E-state index in [2.05, 4.69) is 18.8 Å². The number of imidazole rings is 1. The van der Waals surface area contributed by atoms with Crippen LogP contribution in [-0.2, 0) is 6.54 Å². The molecule has 0 saturated heterocycles. The fraction of sp³-hybridized carbons (Fsp3) is 0.571. The number of aromatic nitrogens is 2. The van der Waals surface area contributed by atoms with Crippen molar-refractivity contribution in [2.75, 3.05) is 0 Å². The second-order valence-electron chi connectivity index (χ2n) is 2.87. The Morgan fingerprint density at radius 3 is 2.55 bits per heavy atom. The lowest BCUT2D eigenvalue weighted by atomic mass is 10.2. The Balaban J connectivity index is 2.79. The molecule has 0 aromatic carbocycles. The average Bonchev–Trinajstić information content (AvgIpc) is 2.18. The van der Waals surface area contributed by atoms with Gasteiger partial charge in [-0.2, -0.15) is 0 Å². The van der Waals surface area contributed by atoms with Crippen molar-refractivity contribution in [3.63, 3.8) is 0 Å². The van der Waals surface area contributed by atoms with E-state index in [1.807, 2.05) is 4.57 Å². The number of hydrogen-bond acceptors (Lipinski definition) is 1. The van der Waals surface area contributed by atoms with Gasteiger partial charge in [0.2, 0.25) is 0 Å². The summed E-state index contributed by atoms with van der Waals surface area (Å²) in [5.41, 5.74) is 0. The molecule has 0 amide bonds. The largest absolute Gasteiger partial charge is 0.320 e. The van der Waals surface area contributed by atoms with Crippen LogP contribution in [0.25, 0.3) is 0 Å². The zero-order valence-electron chi connectivity index (χ0n) is 6.51. The van der Waals surface area contributed by atoms with Crippen LogP contribution >= 0.6 is 23.2 Å². The molecule has 0 unspecified atom stereocenters. The molecule has 1 aromatic heterocycles. The average molecular weight is 193 g/mol. The van der Waals surface area contributed by atoms with Gasteiger partial charge in [0.1, 0.15) is 5.15 Å². The monoisotopic (exact) mass is 192 g/mol. The second-order valence-corrected chi connectivity index (χ2v) is 3.59. The summed E-state index contributed by atoms with van der Waals surface area (Å²) < 4.78 is 1.84. The minimum atomic E-state index is 0.382. The molecule has 0 aliphatic heterocycles. The molecule has 0 aliphatic carbocycles. The van der Waals surface area contributed by atoms with Gasteiger partial charge in [-0.05, 0) is 5.92 Å². The van der Waals surface area contributed by atoms with Gasteiger partial charge >= 0.3 is 0 Å². The maximum Gasteiger partial charge on any atom is 0.166 e. The lowest BCUT2D eigenvalue weighted by Crippen LogP contribution is -2.02. The van der Waals surface area contributed by atoms with E-state index in [4.69, 9.17) is 23.2 Å². The van der Waals surface area contributed by atoms with Crippen LogP contribution in [0, 0.1) is 5.92 Å². The lowest BCUT2D eigenvalue weighted by molar-refractivity contribution is 0.523. The van der Waals surface area contributed by atoms with Crippen molar-refractivity contribution in [1.82, 2.24) is 9.55 Å². The Kier molecular flexibility index (Phi) is 2.79. The molecule has 0 fully saturated rings. The van der Waals surface area contributed by atoms with Gasteiger partial charge < -0.3 is 4.57 Å². The summed E-state index contributed by atoms with van der Waals surface area (Å²) in [4.78, 5) is 3.87. The third kappa shape index (κ3) is 2.11. The van der Waals surface area contributed by atoms with E-state index in [9.17, 15) is 0 Å². The van der Waals surface area contributed by atoms with E-state index in [1.165, 1.54) is 0 Å². The topological polar surface area (TPSA) is 17.8 Å². The number of hydrogen-bond donors (Lipinski definition) is 0. The summed E-state index contributed by atoms with van der Waals surface area (Å²) in [6.07, 6.45) is 1.66. The van der Waals surface area contributed by atoms with Crippen molar-refractivity contribution >= 4 is 23.2 Å². The van der Waals surface area contributed by atoms with Crippen LogP contribution in [0.3, 0.4) is 0 Å². The van der Waals surface area contributed by atoms with Crippen molar-refractivity contribution in [2.24, 2.45) is 5.92 Å². The van der Waals surface area contributed by atoms with Gasteiger partial charge in [-0.1, -0.05) is 37.0 Å². The molecule has 0 aliphatic rings.